The molecule has 1 heterocycles. The van der Waals surface area contributed by atoms with Gasteiger partial charge in [0.15, 0.2) is 0 Å². The molecule has 0 unspecified atom stereocenters. The van der Waals surface area contributed by atoms with Crippen LogP contribution >= 0.6 is 0 Å². The van der Waals surface area contributed by atoms with E-state index in [0.29, 0.717) is 6.85 Å². The molecule has 0 aromatic heterocycles. The van der Waals surface area contributed by atoms with E-state index in [0.717, 1.165) is 17.8 Å². The summed E-state index contributed by atoms with van der Waals surface area (Å²) in [5.41, 5.74) is 1.53. The number of rotatable bonds is 6. The van der Waals surface area contributed by atoms with Gasteiger partial charge in [0, 0.05) is 12.2 Å². The van der Waals surface area contributed by atoms with Gasteiger partial charge in [0.05, 0.1) is 0 Å². The van der Waals surface area contributed by atoms with Crippen molar-refractivity contribution in [2.24, 2.45) is 17.8 Å². The Morgan fingerprint density at radius 1 is 1.00 bits per heavy atom. The Balaban J connectivity index is 2.80. The van der Waals surface area contributed by atoms with Crippen LogP contribution in [0, 0.1) is 17.8 Å². The summed E-state index contributed by atoms with van der Waals surface area (Å²) < 4.78 is 0. The van der Waals surface area contributed by atoms with Crippen molar-refractivity contribution in [3.05, 3.63) is 23.8 Å². The van der Waals surface area contributed by atoms with Crippen molar-refractivity contribution in [2.45, 2.75) is 54.3 Å². The average molecular weight is 247 g/mol. The van der Waals surface area contributed by atoms with Crippen molar-refractivity contribution in [3.8, 4) is 0 Å². The summed E-state index contributed by atoms with van der Waals surface area (Å²) in [6.07, 6.45) is 7.05. The summed E-state index contributed by atoms with van der Waals surface area (Å²) >= 11 is 0. The van der Waals surface area contributed by atoms with Gasteiger partial charge >= 0.3 is 0 Å². The maximum atomic E-state index is 2.64. The van der Waals surface area contributed by atoms with E-state index in [1.807, 2.05) is 0 Å². The molecule has 0 saturated heterocycles. The fourth-order valence-electron chi connectivity index (χ4n) is 2.65. The van der Waals surface area contributed by atoms with Gasteiger partial charge in [-0.05, 0) is 30.7 Å². The van der Waals surface area contributed by atoms with Crippen molar-refractivity contribution >= 4 is 6.85 Å². The number of nitrogens with zero attached hydrogens (tertiary/aromatic N) is 1. The van der Waals surface area contributed by atoms with Gasteiger partial charge in [-0.1, -0.05) is 59.5 Å². The number of hydrogen-bond donors (Lipinski definition) is 0. The molecule has 0 saturated carbocycles. The fraction of sp³-hybridized carbons (Fsp3) is 0.750. The van der Waals surface area contributed by atoms with Crippen LogP contribution in [0.3, 0.4) is 0 Å². The minimum Gasteiger partial charge on any atom is -0.414 e. The first kappa shape index (κ1) is 15.4. The molecule has 18 heavy (non-hydrogen) atoms. The normalized spacial score (nSPS) is 16.2. The molecule has 1 aliphatic heterocycles. The maximum Gasteiger partial charge on any atom is 0.281 e. The van der Waals surface area contributed by atoms with Crippen LogP contribution in [-0.4, -0.2) is 18.2 Å². The monoisotopic (exact) mass is 247 g/mol. The Hall–Kier alpha value is -0.655. The van der Waals surface area contributed by atoms with Gasteiger partial charge in [-0.25, -0.2) is 0 Å². The molecule has 1 rings (SSSR count). The third-order valence-electron chi connectivity index (χ3n) is 3.28. The van der Waals surface area contributed by atoms with Gasteiger partial charge in [0.2, 0.25) is 0 Å². The molecule has 0 aliphatic carbocycles. The van der Waals surface area contributed by atoms with Crippen LogP contribution in [0.1, 0.15) is 48.0 Å². The summed E-state index contributed by atoms with van der Waals surface area (Å²) in [5, 5.41) is 0. The highest BCUT2D eigenvalue weighted by atomic mass is 15.1. The summed E-state index contributed by atoms with van der Waals surface area (Å²) in [4.78, 5) is 2.64. The average Bonchev–Trinajstić information content (AvgIpc) is 2.20. The lowest BCUT2D eigenvalue weighted by Crippen LogP contribution is -2.42. The predicted octanol–water partition coefficient (Wildman–Crippen LogP) is 4.63. The summed E-state index contributed by atoms with van der Waals surface area (Å²) in [5.74, 6) is 4.60. The van der Waals surface area contributed by atoms with Gasteiger partial charge in [0.25, 0.3) is 6.85 Å². The molecule has 1 aliphatic rings. The molecule has 0 radical (unpaired) electrons. The first-order valence-electron chi connectivity index (χ1n) is 7.54. The second kappa shape index (κ2) is 7.06. The fourth-order valence-corrected chi connectivity index (χ4v) is 2.65. The van der Waals surface area contributed by atoms with Crippen LogP contribution in [0.4, 0.5) is 0 Å². The lowest BCUT2D eigenvalue weighted by Gasteiger charge is -2.37. The van der Waals surface area contributed by atoms with E-state index in [-0.39, 0.29) is 0 Å². The molecule has 1 nitrogen and oxygen atoms in total. The largest absolute Gasteiger partial charge is 0.414 e. The highest BCUT2D eigenvalue weighted by Gasteiger charge is 2.26. The van der Waals surface area contributed by atoms with Crippen LogP contribution in [-0.2, 0) is 0 Å². The van der Waals surface area contributed by atoms with E-state index < -0.39 is 0 Å². The SMILES string of the molecule is CC(C)CB1C=CC=C(CC(C)C)N1CC(C)C. The van der Waals surface area contributed by atoms with Gasteiger partial charge in [-0.2, -0.15) is 0 Å². The molecule has 0 atom stereocenters. The van der Waals surface area contributed by atoms with E-state index in [4.69, 9.17) is 0 Å². The zero-order valence-corrected chi connectivity index (χ0v) is 13.1. The van der Waals surface area contributed by atoms with Gasteiger partial charge < -0.3 is 4.81 Å². The highest BCUT2D eigenvalue weighted by molar-refractivity contribution is 6.62. The molecule has 0 bridgehead atoms. The molecule has 0 spiro atoms. The minimum absolute atomic E-state index is 0.603. The van der Waals surface area contributed by atoms with Crippen molar-refractivity contribution in [2.75, 3.05) is 6.54 Å². The third kappa shape index (κ3) is 4.92. The van der Waals surface area contributed by atoms with Crippen LogP contribution in [0.5, 0.6) is 0 Å². The Morgan fingerprint density at radius 3 is 2.17 bits per heavy atom. The van der Waals surface area contributed by atoms with Gasteiger partial charge in [-0.3, -0.25) is 0 Å². The zero-order chi connectivity index (χ0) is 13.7. The van der Waals surface area contributed by atoms with Gasteiger partial charge in [-0.15, -0.1) is 0 Å². The standard InChI is InChI=1S/C16H30BN/c1-13(2)10-16-8-7-9-17(11-14(3)4)18(16)12-15(5)6/h7-9,13-15H,10-12H2,1-6H3. The second-order valence-corrected chi connectivity index (χ2v) is 6.88. The Bertz CT molecular complexity index is 302. The second-order valence-electron chi connectivity index (χ2n) is 6.88. The maximum absolute atomic E-state index is 2.64. The summed E-state index contributed by atoms with van der Waals surface area (Å²) in [7, 11) is 0. The lowest BCUT2D eigenvalue weighted by atomic mass is 9.53. The molecule has 2 heteroatoms. The first-order chi connectivity index (χ1) is 8.40. The van der Waals surface area contributed by atoms with Crippen molar-refractivity contribution in [1.82, 2.24) is 4.81 Å². The quantitative estimate of drug-likeness (QED) is 0.618. The van der Waals surface area contributed by atoms with Gasteiger partial charge in [0.1, 0.15) is 0 Å². The smallest absolute Gasteiger partial charge is 0.281 e. The lowest BCUT2D eigenvalue weighted by molar-refractivity contribution is 0.409. The van der Waals surface area contributed by atoms with Crippen molar-refractivity contribution < 1.29 is 0 Å². The Morgan fingerprint density at radius 2 is 1.67 bits per heavy atom. The molecular weight excluding hydrogens is 217 g/mol. The van der Waals surface area contributed by atoms with Crippen LogP contribution in [0.2, 0.25) is 6.32 Å². The van der Waals surface area contributed by atoms with Crippen molar-refractivity contribution in [1.29, 1.82) is 0 Å². The Labute approximate surface area is 114 Å². The molecule has 0 amide bonds. The summed E-state index contributed by atoms with van der Waals surface area (Å²) in [6.45, 7) is 15.7. The van der Waals surface area contributed by atoms with Crippen LogP contribution < -0.4 is 0 Å². The Kier molecular flexibility index (Phi) is 6.04. The van der Waals surface area contributed by atoms with E-state index >= 15 is 0 Å². The topological polar surface area (TPSA) is 3.24 Å². The molecule has 102 valence electrons. The molecule has 0 N–H and O–H groups in total. The van der Waals surface area contributed by atoms with Crippen molar-refractivity contribution in [3.63, 3.8) is 0 Å². The number of hydrogen-bond acceptors (Lipinski definition) is 1. The van der Waals surface area contributed by atoms with Crippen LogP contribution in [0.25, 0.3) is 0 Å². The highest BCUT2D eigenvalue weighted by Crippen LogP contribution is 2.25. The number of allylic oxidation sites excluding steroid dienone is 3. The molecule has 0 aromatic carbocycles. The molecule has 0 aromatic rings. The van der Waals surface area contributed by atoms with E-state index in [2.05, 4.69) is 64.5 Å². The predicted molar refractivity (Wildman–Crippen MR) is 83.6 cm³/mol. The summed E-state index contributed by atoms with van der Waals surface area (Å²) in [6, 6.07) is 0. The molecule has 0 fully saturated rings. The third-order valence-corrected chi connectivity index (χ3v) is 3.28. The van der Waals surface area contributed by atoms with E-state index in [9.17, 15) is 0 Å². The zero-order valence-electron chi connectivity index (χ0n) is 13.1. The first-order valence-corrected chi connectivity index (χ1v) is 7.54. The van der Waals surface area contributed by atoms with E-state index in [1.54, 1.807) is 0 Å². The minimum atomic E-state index is 0.603. The van der Waals surface area contributed by atoms with Crippen LogP contribution in [0.15, 0.2) is 23.8 Å². The molecular formula is C16H30BN. The van der Waals surface area contributed by atoms with E-state index in [1.165, 1.54) is 25.0 Å².